The van der Waals surface area contributed by atoms with Crippen LogP contribution in [0.1, 0.15) is 62.5 Å². The average Bonchev–Trinajstić information content (AvgIpc) is 3.56. The largest absolute Gasteiger partial charge is 0.476 e. The molecule has 0 aliphatic carbocycles. The Kier molecular flexibility index (Phi) is 11.3. The van der Waals surface area contributed by atoms with Crippen LogP contribution in [-0.4, -0.2) is 67.4 Å². The molecule has 45 heavy (non-hydrogen) atoms. The summed E-state index contributed by atoms with van der Waals surface area (Å²) < 4.78 is 10.3. The zero-order chi connectivity index (χ0) is 33.4. The highest BCUT2D eigenvalue weighted by Gasteiger charge is 2.24. The molecule has 0 aliphatic heterocycles. The van der Waals surface area contributed by atoms with Crippen LogP contribution in [0, 0.1) is 0 Å². The molecule has 0 spiro atoms. The Morgan fingerprint density at radius 2 is 1.13 bits per heavy atom. The number of rotatable bonds is 6. The van der Waals surface area contributed by atoms with Gasteiger partial charge in [0.05, 0.1) is 11.4 Å². The van der Waals surface area contributed by atoms with E-state index in [1.807, 2.05) is 6.07 Å². The second kappa shape index (κ2) is 14.7. The number of carbonyl (C=O) groups is 4. The highest BCUT2D eigenvalue weighted by Crippen LogP contribution is 2.32. The van der Waals surface area contributed by atoms with Gasteiger partial charge in [-0.25, -0.2) is 24.4 Å². The van der Waals surface area contributed by atoms with E-state index in [0.29, 0.717) is 26.4 Å². The highest BCUT2D eigenvalue weighted by molar-refractivity contribution is 7.19. The van der Waals surface area contributed by atoms with E-state index in [1.54, 1.807) is 84.3 Å². The van der Waals surface area contributed by atoms with Gasteiger partial charge in [-0.15, -0.1) is 0 Å². The molecule has 0 saturated carbocycles. The van der Waals surface area contributed by atoms with Crippen molar-refractivity contribution in [2.45, 2.75) is 52.7 Å². The number of carboxylic acid groups (broad SMARTS) is 1. The first kappa shape index (κ1) is 34.5. The molecule has 0 aliphatic rings. The van der Waals surface area contributed by atoms with Gasteiger partial charge in [0.2, 0.25) is 0 Å². The van der Waals surface area contributed by atoms with Crippen LogP contribution in [0.25, 0.3) is 21.4 Å². The molecule has 0 bridgehead atoms. The zero-order valence-electron chi connectivity index (χ0n) is 25.6. The van der Waals surface area contributed by atoms with Crippen molar-refractivity contribution < 1.29 is 33.8 Å². The number of aromatic nitrogens is 4. The molecule has 0 saturated heterocycles. The fourth-order valence-electron chi connectivity index (χ4n) is 3.22. The number of ether oxygens (including phenoxy) is 2. The first-order valence-electron chi connectivity index (χ1n) is 13.4. The second-order valence-electron chi connectivity index (χ2n) is 11.0. The average molecular weight is 656 g/mol. The molecule has 238 valence electrons. The number of anilines is 2. The van der Waals surface area contributed by atoms with Gasteiger partial charge in [-0.2, -0.15) is 0 Å². The van der Waals surface area contributed by atoms with Crippen LogP contribution >= 0.6 is 22.7 Å². The minimum Gasteiger partial charge on any atom is -0.476 e. The van der Waals surface area contributed by atoms with Gasteiger partial charge in [0.15, 0.2) is 11.4 Å². The van der Waals surface area contributed by atoms with E-state index in [0.717, 1.165) is 22.7 Å². The quantitative estimate of drug-likeness (QED) is 0.186. The second-order valence-corrected chi connectivity index (χ2v) is 13.0. The third-order valence-corrected chi connectivity index (χ3v) is 6.88. The summed E-state index contributed by atoms with van der Waals surface area (Å²) in [5.41, 5.74) is -0.263. The third-order valence-electron chi connectivity index (χ3n) is 4.90. The van der Waals surface area contributed by atoms with Gasteiger partial charge in [-0.05, 0) is 65.8 Å². The standard InChI is InChI=1S/C15H18N4O3S.C14H15N3O4S/c1-15(2,3)22-14(21)19-13-10(11(20)16-4)18-12(23-13)9-7-5-6-8-17-9;1-14(2,3)21-13(20)17-11-9(12(18)19)16-10(22-11)8-6-4-5-7-15-8/h5-8H,1-4H3,(H,16,20)(H,19,21);4-7H,1-3H3,(H,17,20)(H,18,19). The van der Waals surface area contributed by atoms with Gasteiger partial charge in [0.25, 0.3) is 5.91 Å². The molecule has 4 aromatic heterocycles. The van der Waals surface area contributed by atoms with Crippen molar-refractivity contribution in [2.75, 3.05) is 17.7 Å². The summed E-state index contributed by atoms with van der Waals surface area (Å²) >= 11 is 2.19. The summed E-state index contributed by atoms with van der Waals surface area (Å²) in [6.07, 6.45) is 1.85. The monoisotopic (exact) mass is 655 g/mol. The molecule has 4 heterocycles. The molecule has 0 atom stereocenters. The maximum Gasteiger partial charge on any atom is 0.412 e. The van der Waals surface area contributed by atoms with Crippen LogP contribution < -0.4 is 16.0 Å². The van der Waals surface area contributed by atoms with Crippen molar-refractivity contribution in [2.24, 2.45) is 0 Å². The molecule has 0 radical (unpaired) electrons. The lowest BCUT2D eigenvalue weighted by Gasteiger charge is -2.19. The number of thiazole rings is 2. The molecule has 16 heteroatoms. The first-order valence-corrected chi connectivity index (χ1v) is 15.0. The molecule has 14 nitrogen and oxygen atoms in total. The molecular formula is C29H33N7O7S2. The van der Waals surface area contributed by atoms with E-state index in [4.69, 9.17) is 9.47 Å². The Balaban J connectivity index is 0.000000246. The number of pyridine rings is 2. The maximum absolute atomic E-state index is 12.0. The lowest BCUT2D eigenvalue weighted by molar-refractivity contribution is 0.0624. The number of hydrogen-bond donors (Lipinski definition) is 4. The topological polar surface area (TPSA) is 195 Å². The van der Waals surface area contributed by atoms with Crippen molar-refractivity contribution in [1.29, 1.82) is 0 Å². The molecule has 4 aromatic rings. The number of nitrogens with zero attached hydrogens (tertiary/aromatic N) is 4. The van der Waals surface area contributed by atoms with Crippen molar-refractivity contribution in [3.63, 3.8) is 0 Å². The van der Waals surface area contributed by atoms with Gasteiger partial charge in [0.1, 0.15) is 31.2 Å². The Morgan fingerprint density at radius 3 is 1.49 bits per heavy atom. The van der Waals surface area contributed by atoms with Crippen LogP contribution in [0.15, 0.2) is 48.8 Å². The van der Waals surface area contributed by atoms with E-state index in [-0.39, 0.29) is 16.4 Å². The fourth-order valence-corrected chi connectivity index (χ4v) is 5.06. The van der Waals surface area contributed by atoms with Crippen molar-refractivity contribution >= 4 is 56.7 Å². The van der Waals surface area contributed by atoms with E-state index >= 15 is 0 Å². The van der Waals surface area contributed by atoms with Crippen LogP contribution in [0.3, 0.4) is 0 Å². The summed E-state index contributed by atoms with van der Waals surface area (Å²) in [6, 6.07) is 10.6. The summed E-state index contributed by atoms with van der Waals surface area (Å²) in [5.74, 6) is -1.63. The summed E-state index contributed by atoms with van der Waals surface area (Å²) in [5, 5.41) is 18.1. The molecule has 3 amide bonds. The Morgan fingerprint density at radius 1 is 0.711 bits per heavy atom. The van der Waals surface area contributed by atoms with Crippen LogP contribution in [0.2, 0.25) is 0 Å². The van der Waals surface area contributed by atoms with Crippen LogP contribution in [-0.2, 0) is 9.47 Å². The van der Waals surface area contributed by atoms with Crippen molar-refractivity contribution in [3.05, 3.63) is 60.2 Å². The minimum atomic E-state index is -1.23. The SMILES string of the molecule is CC(C)(C)OC(=O)Nc1sc(-c2ccccn2)nc1C(=O)O.CNC(=O)c1nc(-c2ccccn2)sc1NC(=O)OC(C)(C)C. The number of hydrogen-bond acceptors (Lipinski definition) is 12. The van der Waals surface area contributed by atoms with Crippen LogP contribution in [0.4, 0.5) is 19.6 Å². The van der Waals surface area contributed by atoms with Gasteiger partial charge < -0.3 is 19.9 Å². The minimum absolute atomic E-state index is 0.113. The maximum atomic E-state index is 12.0. The number of carboxylic acids is 1. The molecule has 0 unspecified atom stereocenters. The smallest absolute Gasteiger partial charge is 0.412 e. The van der Waals surface area contributed by atoms with E-state index in [1.165, 1.54) is 7.05 Å². The Bertz CT molecular complexity index is 1640. The normalized spacial score (nSPS) is 11.0. The van der Waals surface area contributed by atoms with Crippen LogP contribution in [0.5, 0.6) is 0 Å². The van der Waals surface area contributed by atoms with Crippen molar-refractivity contribution in [1.82, 2.24) is 25.3 Å². The first-order chi connectivity index (χ1) is 21.1. The molecule has 0 fully saturated rings. The summed E-state index contributed by atoms with van der Waals surface area (Å²) in [6.45, 7) is 10.4. The van der Waals surface area contributed by atoms with Gasteiger partial charge in [0, 0.05) is 19.4 Å². The van der Waals surface area contributed by atoms with Gasteiger partial charge >= 0.3 is 18.2 Å². The lowest BCUT2D eigenvalue weighted by atomic mass is 10.2. The Hall–Kier alpha value is -4.96. The van der Waals surface area contributed by atoms with E-state index < -0.39 is 35.3 Å². The number of nitrogens with one attached hydrogen (secondary N) is 3. The summed E-state index contributed by atoms with van der Waals surface area (Å²) in [7, 11) is 1.50. The van der Waals surface area contributed by atoms with Gasteiger partial charge in [-0.3, -0.25) is 25.4 Å². The third kappa shape index (κ3) is 10.6. The molecule has 0 aromatic carbocycles. The number of carbonyl (C=O) groups excluding carboxylic acids is 3. The van der Waals surface area contributed by atoms with Gasteiger partial charge in [-0.1, -0.05) is 34.8 Å². The zero-order valence-corrected chi connectivity index (χ0v) is 27.3. The fraction of sp³-hybridized carbons (Fsp3) is 0.310. The predicted molar refractivity (Wildman–Crippen MR) is 171 cm³/mol. The number of aromatic carboxylic acids is 1. The predicted octanol–water partition coefficient (Wildman–Crippen LogP) is 6.16. The Labute approximate surface area is 267 Å². The lowest BCUT2D eigenvalue weighted by Crippen LogP contribution is -2.28. The molecule has 4 N–H and O–H groups in total. The number of amides is 3. The summed E-state index contributed by atoms with van der Waals surface area (Å²) in [4.78, 5) is 63.6. The van der Waals surface area contributed by atoms with Crippen molar-refractivity contribution in [3.8, 4) is 21.4 Å². The molecular weight excluding hydrogens is 622 g/mol. The van der Waals surface area contributed by atoms with E-state index in [9.17, 15) is 24.3 Å². The highest BCUT2D eigenvalue weighted by atomic mass is 32.1. The molecule has 4 rings (SSSR count). The van der Waals surface area contributed by atoms with E-state index in [2.05, 4.69) is 35.9 Å².